The monoisotopic (exact) mass is 196 g/mol. The lowest BCUT2D eigenvalue weighted by atomic mass is 9.97. The van der Waals surface area contributed by atoms with Gasteiger partial charge in [0.2, 0.25) is 0 Å². The first-order chi connectivity index (χ1) is 6.29. The van der Waals surface area contributed by atoms with Gasteiger partial charge in [0.25, 0.3) is 0 Å². The van der Waals surface area contributed by atoms with Gasteiger partial charge in [0, 0.05) is 0 Å². The molecule has 1 aliphatic rings. The number of aromatic hydroxyl groups is 1. The van der Waals surface area contributed by atoms with E-state index in [1.165, 1.54) is 25.7 Å². The van der Waals surface area contributed by atoms with Crippen molar-refractivity contribution in [3.8, 4) is 5.75 Å². The average molecular weight is 197 g/mol. The summed E-state index contributed by atoms with van der Waals surface area (Å²) in [6.07, 6.45) is 5.00. The molecule has 1 fully saturated rings. The molecule has 0 aliphatic heterocycles. The topological polar surface area (TPSA) is 20.2 Å². The summed E-state index contributed by atoms with van der Waals surface area (Å²) in [4.78, 5) is 0. The summed E-state index contributed by atoms with van der Waals surface area (Å²) < 4.78 is 0. The number of phenolic OH excluding ortho intramolecular Hbond substituents is 1. The van der Waals surface area contributed by atoms with Gasteiger partial charge in [-0.3, -0.25) is 0 Å². The van der Waals surface area contributed by atoms with E-state index in [0.717, 1.165) is 5.56 Å². The molecular formula is C11H13ClO. The zero-order chi connectivity index (χ0) is 9.26. The van der Waals surface area contributed by atoms with Gasteiger partial charge in [-0.25, -0.2) is 0 Å². The van der Waals surface area contributed by atoms with E-state index in [-0.39, 0.29) is 5.75 Å². The van der Waals surface area contributed by atoms with Crippen LogP contribution in [0.1, 0.15) is 37.2 Å². The number of benzene rings is 1. The minimum absolute atomic E-state index is 0.214. The van der Waals surface area contributed by atoms with Crippen molar-refractivity contribution >= 4 is 11.6 Å². The Kier molecular flexibility index (Phi) is 2.45. The number of hydrogen-bond donors (Lipinski definition) is 1. The van der Waals surface area contributed by atoms with E-state index in [4.69, 9.17) is 11.6 Å². The van der Waals surface area contributed by atoms with Gasteiger partial charge in [-0.1, -0.05) is 36.6 Å². The number of phenols is 1. The average Bonchev–Trinajstić information content (AvgIpc) is 2.62. The highest BCUT2D eigenvalue weighted by molar-refractivity contribution is 6.32. The fraction of sp³-hybridized carbons (Fsp3) is 0.455. The summed E-state index contributed by atoms with van der Waals surface area (Å²) in [5, 5.41) is 9.98. The summed E-state index contributed by atoms with van der Waals surface area (Å²) >= 11 is 6.02. The minimum Gasteiger partial charge on any atom is -0.506 e. The van der Waals surface area contributed by atoms with Crippen LogP contribution in [0.15, 0.2) is 18.2 Å². The summed E-state index contributed by atoms with van der Waals surface area (Å²) in [6, 6.07) is 5.54. The Bertz CT molecular complexity index is 303. The molecular weight excluding hydrogens is 184 g/mol. The Morgan fingerprint density at radius 1 is 1.23 bits per heavy atom. The quantitative estimate of drug-likeness (QED) is 0.726. The van der Waals surface area contributed by atoms with E-state index in [9.17, 15) is 5.11 Å². The molecule has 0 saturated heterocycles. The van der Waals surface area contributed by atoms with Crippen LogP contribution in [-0.2, 0) is 0 Å². The fourth-order valence-corrected chi connectivity index (χ4v) is 2.37. The predicted octanol–water partition coefficient (Wildman–Crippen LogP) is 3.70. The largest absolute Gasteiger partial charge is 0.506 e. The first-order valence-corrected chi connectivity index (χ1v) is 5.14. The maximum Gasteiger partial charge on any atom is 0.134 e. The van der Waals surface area contributed by atoms with Crippen molar-refractivity contribution in [3.05, 3.63) is 28.8 Å². The SMILES string of the molecule is Oc1cccc(C2CCCC2)c1Cl. The summed E-state index contributed by atoms with van der Waals surface area (Å²) in [5.74, 6) is 0.783. The van der Waals surface area contributed by atoms with Crippen LogP contribution >= 0.6 is 11.6 Å². The first-order valence-electron chi connectivity index (χ1n) is 4.76. The van der Waals surface area contributed by atoms with Crippen LogP contribution in [-0.4, -0.2) is 5.11 Å². The van der Waals surface area contributed by atoms with E-state index in [0.29, 0.717) is 10.9 Å². The standard InChI is InChI=1S/C11H13ClO/c12-11-9(6-3-7-10(11)13)8-4-1-2-5-8/h3,6-8,13H,1-2,4-5H2. The normalized spacial score (nSPS) is 17.9. The smallest absolute Gasteiger partial charge is 0.134 e. The van der Waals surface area contributed by atoms with Crippen molar-refractivity contribution in [2.75, 3.05) is 0 Å². The Hall–Kier alpha value is -0.690. The lowest BCUT2D eigenvalue weighted by Gasteiger charge is -2.11. The molecule has 13 heavy (non-hydrogen) atoms. The zero-order valence-electron chi connectivity index (χ0n) is 7.46. The molecule has 70 valence electrons. The Labute approximate surface area is 83.3 Å². The van der Waals surface area contributed by atoms with Crippen LogP contribution in [0.4, 0.5) is 0 Å². The molecule has 1 nitrogen and oxygen atoms in total. The van der Waals surface area contributed by atoms with Crippen LogP contribution in [0, 0.1) is 0 Å². The van der Waals surface area contributed by atoms with Crippen LogP contribution in [0.2, 0.25) is 5.02 Å². The molecule has 0 atom stereocenters. The third kappa shape index (κ3) is 1.66. The Balaban J connectivity index is 2.33. The zero-order valence-corrected chi connectivity index (χ0v) is 8.22. The Morgan fingerprint density at radius 2 is 1.92 bits per heavy atom. The highest BCUT2D eigenvalue weighted by Crippen LogP contribution is 2.40. The van der Waals surface area contributed by atoms with Crippen LogP contribution in [0.3, 0.4) is 0 Å². The predicted molar refractivity (Wildman–Crippen MR) is 54.3 cm³/mol. The maximum atomic E-state index is 9.43. The molecule has 0 amide bonds. The van der Waals surface area contributed by atoms with Gasteiger partial charge in [0.1, 0.15) is 5.75 Å². The number of hydrogen-bond acceptors (Lipinski definition) is 1. The van der Waals surface area contributed by atoms with Crippen molar-refractivity contribution in [1.29, 1.82) is 0 Å². The highest BCUT2D eigenvalue weighted by Gasteiger charge is 2.20. The van der Waals surface area contributed by atoms with E-state index in [1.54, 1.807) is 6.07 Å². The Morgan fingerprint density at radius 3 is 2.62 bits per heavy atom. The summed E-state index contributed by atoms with van der Waals surface area (Å²) in [5.41, 5.74) is 1.12. The third-order valence-electron chi connectivity index (χ3n) is 2.80. The second-order valence-electron chi connectivity index (χ2n) is 3.66. The van der Waals surface area contributed by atoms with Crippen LogP contribution in [0.25, 0.3) is 0 Å². The third-order valence-corrected chi connectivity index (χ3v) is 3.22. The van der Waals surface area contributed by atoms with Crippen molar-refractivity contribution in [1.82, 2.24) is 0 Å². The molecule has 1 aromatic carbocycles. The lowest BCUT2D eigenvalue weighted by molar-refractivity contribution is 0.474. The molecule has 1 aromatic rings. The highest BCUT2D eigenvalue weighted by atomic mass is 35.5. The van der Waals surface area contributed by atoms with Gasteiger partial charge in [-0.05, 0) is 30.4 Å². The second-order valence-corrected chi connectivity index (χ2v) is 4.04. The molecule has 0 spiro atoms. The van der Waals surface area contributed by atoms with Gasteiger partial charge < -0.3 is 5.11 Å². The molecule has 0 radical (unpaired) electrons. The van der Waals surface area contributed by atoms with Crippen molar-refractivity contribution in [3.63, 3.8) is 0 Å². The van der Waals surface area contributed by atoms with E-state index >= 15 is 0 Å². The van der Waals surface area contributed by atoms with Gasteiger partial charge in [0.15, 0.2) is 0 Å². The van der Waals surface area contributed by atoms with Crippen molar-refractivity contribution < 1.29 is 5.11 Å². The van der Waals surface area contributed by atoms with E-state index in [1.807, 2.05) is 12.1 Å². The molecule has 0 aromatic heterocycles. The molecule has 1 N–H and O–H groups in total. The van der Waals surface area contributed by atoms with Gasteiger partial charge >= 0.3 is 0 Å². The lowest BCUT2D eigenvalue weighted by Crippen LogP contribution is -1.92. The molecule has 0 unspecified atom stereocenters. The van der Waals surface area contributed by atoms with E-state index in [2.05, 4.69) is 0 Å². The van der Waals surface area contributed by atoms with Crippen LogP contribution < -0.4 is 0 Å². The maximum absolute atomic E-state index is 9.43. The molecule has 0 bridgehead atoms. The summed E-state index contributed by atoms with van der Waals surface area (Å²) in [6.45, 7) is 0. The number of rotatable bonds is 1. The molecule has 2 rings (SSSR count). The molecule has 1 aliphatic carbocycles. The van der Waals surface area contributed by atoms with Gasteiger partial charge in [-0.15, -0.1) is 0 Å². The van der Waals surface area contributed by atoms with Crippen LogP contribution in [0.5, 0.6) is 5.75 Å². The van der Waals surface area contributed by atoms with E-state index < -0.39 is 0 Å². The molecule has 1 saturated carbocycles. The van der Waals surface area contributed by atoms with Crippen molar-refractivity contribution in [2.45, 2.75) is 31.6 Å². The summed E-state index contributed by atoms with van der Waals surface area (Å²) in [7, 11) is 0. The fourth-order valence-electron chi connectivity index (χ4n) is 2.09. The number of halogens is 1. The minimum atomic E-state index is 0.214. The second kappa shape index (κ2) is 3.59. The molecule has 2 heteroatoms. The first kappa shape index (κ1) is 8.89. The van der Waals surface area contributed by atoms with Gasteiger partial charge in [-0.2, -0.15) is 0 Å². The van der Waals surface area contributed by atoms with Crippen molar-refractivity contribution in [2.24, 2.45) is 0 Å². The van der Waals surface area contributed by atoms with Gasteiger partial charge in [0.05, 0.1) is 5.02 Å². The molecule has 0 heterocycles.